The van der Waals surface area contributed by atoms with E-state index in [4.69, 9.17) is 0 Å². The van der Waals surface area contributed by atoms with Gasteiger partial charge in [0.15, 0.2) is 0 Å². The summed E-state index contributed by atoms with van der Waals surface area (Å²) in [6.07, 6.45) is 0. The summed E-state index contributed by atoms with van der Waals surface area (Å²) in [5.74, 6) is -0.455. The number of rotatable bonds is 0. The monoisotopic (exact) mass is 239 g/mol. The molecular weight excluding hydrogens is 233 g/mol. The molecule has 3 heteroatoms. The lowest BCUT2D eigenvalue weighted by Crippen LogP contribution is -1.86. The van der Waals surface area contributed by atoms with Crippen molar-refractivity contribution in [1.29, 1.82) is 0 Å². The zero-order valence-corrected chi connectivity index (χ0v) is 8.60. The summed E-state index contributed by atoms with van der Waals surface area (Å²) in [5, 5.41) is 1.81. The molecule has 1 nitrogen and oxygen atoms in total. The number of halogens is 2. The fourth-order valence-corrected chi connectivity index (χ4v) is 1.80. The second-order valence-electron chi connectivity index (χ2n) is 2.96. The Bertz CT molecular complexity index is 468. The quantitative estimate of drug-likeness (QED) is 0.642. The van der Waals surface area contributed by atoms with Gasteiger partial charge in [0.25, 0.3) is 0 Å². The maximum absolute atomic E-state index is 12.9. The van der Waals surface area contributed by atoms with Crippen LogP contribution in [0.15, 0.2) is 28.9 Å². The number of hydrogen-bond donors (Lipinski definition) is 0. The van der Waals surface area contributed by atoms with Crippen molar-refractivity contribution in [2.24, 2.45) is 0 Å². The smallest absolute Gasteiger partial charge is 0.212 e. The Kier molecular flexibility index (Phi) is 2.04. The Morgan fingerprint density at radius 1 is 1.31 bits per heavy atom. The topological polar surface area (TPSA) is 12.9 Å². The molecule has 0 bridgehead atoms. The normalized spacial score (nSPS) is 10.7. The summed E-state index contributed by atoms with van der Waals surface area (Å²) in [4.78, 5) is 3.69. The molecule has 0 aliphatic rings. The SMILES string of the molecule is Cc1ccc2cc(F)nc(Br)c2c1. The fourth-order valence-electron chi connectivity index (χ4n) is 1.29. The molecule has 66 valence electrons. The van der Waals surface area contributed by atoms with E-state index in [9.17, 15) is 4.39 Å². The summed E-state index contributed by atoms with van der Waals surface area (Å²) in [5.41, 5.74) is 1.14. The van der Waals surface area contributed by atoms with Crippen molar-refractivity contribution in [2.75, 3.05) is 0 Å². The first-order valence-corrected chi connectivity index (χ1v) is 4.68. The van der Waals surface area contributed by atoms with Crippen LogP contribution in [0.3, 0.4) is 0 Å². The highest BCUT2D eigenvalue weighted by Gasteiger charge is 2.02. The third-order valence-electron chi connectivity index (χ3n) is 1.91. The lowest BCUT2D eigenvalue weighted by atomic mass is 10.1. The Hall–Kier alpha value is -0.960. The molecule has 13 heavy (non-hydrogen) atoms. The zero-order valence-electron chi connectivity index (χ0n) is 7.01. The van der Waals surface area contributed by atoms with Crippen LogP contribution in [0.5, 0.6) is 0 Å². The van der Waals surface area contributed by atoms with Crippen molar-refractivity contribution in [3.8, 4) is 0 Å². The van der Waals surface area contributed by atoms with Crippen LogP contribution in [-0.4, -0.2) is 4.98 Å². The number of nitrogens with zero attached hydrogens (tertiary/aromatic N) is 1. The van der Waals surface area contributed by atoms with Gasteiger partial charge in [-0.2, -0.15) is 4.39 Å². The molecule has 1 aromatic carbocycles. The van der Waals surface area contributed by atoms with Gasteiger partial charge in [-0.05, 0) is 34.3 Å². The van der Waals surface area contributed by atoms with Gasteiger partial charge in [0.1, 0.15) is 4.60 Å². The van der Waals surface area contributed by atoms with Crippen LogP contribution in [0.1, 0.15) is 5.56 Å². The van der Waals surface area contributed by atoms with E-state index in [1.54, 1.807) is 0 Å². The molecular formula is C10H7BrFN. The van der Waals surface area contributed by atoms with Crippen LogP contribution < -0.4 is 0 Å². The largest absolute Gasteiger partial charge is 0.214 e. The molecule has 0 fully saturated rings. The van der Waals surface area contributed by atoms with E-state index in [1.165, 1.54) is 6.07 Å². The predicted molar refractivity (Wildman–Crippen MR) is 54.1 cm³/mol. The molecule has 2 aromatic rings. The predicted octanol–water partition coefficient (Wildman–Crippen LogP) is 3.44. The van der Waals surface area contributed by atoms with Crippen LogP contribution in [-0.2, 0) is 0 Å². The van der Waals surface area contributed by atoms with Gasteiger partial charge in [-0.15, -0.1) is 0 Å². The molecule has 1 aromatic heterocycles. The van der Waals surface area contributed by atoms with E-state index in [2.05, 4.69) is 20.9 Å². The average molecular weight is 240 g/mol. The maximum Gasteiger partial charge on any atom is 0.214 e. The van der Waals surface area contributed by atoms with Crippen LogP contribution in [0.2, 0.25) is 0 Å². The Labute approximate surface area is 83.7 Å². The van der Waals surface area contributed by atoms with E-state index in [-0.39, 0.29) is 0 Å². The van der Waals surface area contributed by atoms with Gasteiger partial charge in [0.05, 0.1) is 0 Å². The number of aryl methyl sites for hydroxylation is 1. The molecule has 0 atom stereocenters. The second-order valence-corrected chi connectivity index (χ2v) is 3.71. The number of benzene rings is 1. The summed E-state index contributed by atoms with van der Waals surface area (Å²) in [6, 6.07) is 7.25. The number of hydrogen-bond acceptors (Lipinski definition) is 1. The molecule has 0 aliphatic heterocycles. The molecule has 0 unspecified atom stereocenters. The maximum atomic E-state index is 12.9. The van der Waals surface area contributed by atoms with Crippen molar-refractivity contribution in [3.63, 3.8) is 0 Å². The third kappa shape index (κ3) is 1.56. The van der Waals surface area contributed by atoms with Crippen molar-refractivity contribution in [2.45, 2.75) is 6.92 Å². The highest BCUT2D eigenvalue weighted by Crippen LogP contribution is 2.23. The first kappa shape index (κ1) is 8.63. The minimum absolute atomic E-state index is 0.455. The number of fused-ring (bicyclic) bond motifs is 1. The van der Waals surface area contributed by atoms with E-state index < -0.39 is 5.95 Å². The summed E-state index contributed by atoms with van der Waals surface area (Å²) in [6.45, 7) is 2.00. The van der Waals surface area contributed by atoms with Gasteiger partial charge < -0.3 is 0 Å². The van der Waals surface area contributed by atoms with Crippen LogP contribution in [0, 0.1) is 12.9 Å². The lowest BCUT2D eigenvalue weighted by Gasteiger charge is -2.01. The molecule has 2 rings (SSSR count). The Balaban J connectivity index is 2.87. The molecule has 0 amide bonds. The fraction of sp³-hybridized carbons (Fsp3) is 0.100. The van der Waals surface area contributed by atoms with E-state index in [1.807, 2.05) is 25.1 Å². The molecule has 0 saturated carbocycles. The van der Waals surface area contributed by atoms with Gasteiger partial charge in [0.2, 0.25) is 5.95 Å². The van der Waals surface area contributed by atoms with Gasteiger partial charge >= 0.3 is 0 Å². The third-order valence-corrected chi connectivity index (χ3v) is 2.52. The Morgan fingerprint density at radius 3 is 2.85 bits per heavy atom. The highest BCUT2D eigenvalue weighted by atomic mass is 79.9. The first-order valence-electron chi connectivity index (χ1n) is 3.89. The molecule has 0 radical (unpaired) electrons. The van der Waals surface area contributed by atoms with E-state index >= 15 is 0 Å². The van der Waals surface area contributed by atoms with E-state index in [0.717, 1.165) is 16.3 Å². The standard InChI is InChI=1S/C10H7BrFN/c1-6-2-3-7-5-9(12)13-10(11)8(7)4-6/h2-5H,1H3. The summed E-state index contributed by atoms with van der Waals surface area (Å²) >= 11 is 3.23. The highest BCUT2D eigenvalue weighted by molar-refractivity contribution is 9.10. The van der Waals surface area contributed by atoms with E-state index in [0.29, 0.717) is 4.60 Å². The van der Waals surface area contributed by atoms with Crippen LogP contribution in [0.25, 0.3) is 10.8 Å². The Morgan fingerprint density at radius 2 is 2.08 bits per heavy atom. The van der Waals surface area contributed by atoms with Crippen LogP contribution >= 0.6 is 15.9 Å². The van der Waals surface area contributed by atoms with Crippen LogP contribution in [0.4, 0.5) is 4.39 Å². The minimum atomic E-state index is -0.455. The van der Waals surface area contributed by atoms with Gasteiger partial charge in [0, 0.05) is 11.5 Å². The first-order chi connectivity index (χ1) is 6.16. The lowest BCUT2D eigenvalue weighted by molar-refractivity contribution is 0.584. The minimum Gasteiger partial charge on any atom is -0.212 e. The van der Waals surface area contributed by atoms with Gasteiger partial charge in [-0.25, -0.2) is 4.98 Å². The summed E-state index contributed by atoms with van der Waals surface area (Å²) < 4.78 is 13.4. The average Bonchev–Trinajstić information content (AvgIpc) is 2.06. The van der Waals surface area contributed by atoms with Gasteiger partial charge in [-0.1, -0.05) is 17.7 Å². The van der Waals surface area contributed by atoms with Crippen molar-refractivity contribution >= 4 is 26.7 Å². The molecule has 0 aliphatic carbocycles. The molecule has 1 heterocycles. The van der Waals surface area contributed by atoms with Gasteiger partial charge in [-0.3, -0.25) is 0 Å². The molecule has 0 N–H and O–H groups in total. The summed E-state index contributed by atoms with van der Waals surface area (Å²) in [7, 11) is 0. The van der Waals surface area contributed by atoms with Crippen molar-refractivity contribution in [1.82, 2.24) is 4.98 Å². The number of aromatic nitrogens is 1. The van der Waals surface area contributed by atoms with Crippen molar-refractivity contribution in [3.05, 3.63) is 40.4 Å². The second kappa shape index (κ2) is 3.07. The molecule has 0 spiro atoms. The van der Waals surface area contributed by atoms with Crippen molar-refractivity contribution < 1.29 is 4.39 Å². The number of pyridine rings is 1. The zero-order chi connectivity index (χ0) is 9.42. The molecule has 0 saturated heterocycles.